The number of benzene rings is 2. The summed E-state index contributed by atoms with van der Waals surface area (Å²) < 4.78 is 0. The van der Waals surface area contributed by atoms with Crippen LogP contribution in [0.2, 0.25) is 0 Å². The van der Waals surface area contributed by atoms with Gasteiger partial charge in [-0.1, -0.05) is 48.5 Å². The molecule has 0 saturated heterocycles. The molecule has 4 heteroatoms. The lowest BCUT2D eigenvalue weighted by molar-refractivity contribution is 0.556. The van der Waals surface area contributed by atoms with Crippen LogP contribution in [0, 0.1) is 0 Å². The van der Waals surface area contributed by atoms with Gasteiger partial charge in [-0.2, -0.15) is 9.98 Å². The summed E-state index contributed by atoms with van der Waals surface area (Å²) in [5.41, 5.74) is 2.30. The molecule has 0 N–H and O–H groups in total. The molecule has 2 aromatic carbocycles. The molecule has 1 atom stereocenters. The minimum Gasteiger partial charge on any atom is -0.211 e. The van der Waals surface area contributed by atoms with E-state index in [2.05, 4.69) is 9.98 Å². The van der Waals surface area contributed by atoms with E-state index in [0.29, 0.717) is 12.1 Å². The number of hydrogen-bond donors (Lipinski definition) is 0. The standard InChI is InChI=1S/C16H12N2O2/c19-11-17-15-9-5-4-8-14(15)10-16(18-12-20)13-6-2-1-3-7-13/h1-9,16H,10H2. The predicted octanol–water partition coefficient (Wildman–Crippen LogP) is 3.27. The number of hydrogen-bond acceptors (Lipinski definition) is 4. The third-order valence-corrected chi connectivity index (χ3v) is 2.96. The maximum atomic E-state index is 10.6. The van der Waals surface area contributed by atoms with Crippen molar-refractivity contribution in [3.05, 3.63) is 65.7 Å². The Morgan fingerprint density at radius 1 is 0.900 bits per heavy atom. The topological polar surface area (TPSA) is 58.9 Å². The first-order chi connectivity index (χ1) is 9.85. The lowest BCUT2D eigenvalue weighted by Crippen LogP contribution is -2.00. The van der Waals surface area contributed by atoms with Gasteiger partial charge in [0.1, 0.15) is 0 Å². The number of rotatable bonds is 5. The Hall–Kier alpha value is -2.80. The molecule has 0 bridgehead atoms. The summed E-state index contributed by atoms with van der Waals surface area (Å²) in [6, 6.07) is 16.4. The van der Waals surface area contributed by atoms with Gasteiger partial charge in [-0.3, -0.25) is 0 Å². The molecule has 0 radical (unpaired) electrons. The second-order valence-corrected chi connectivity index (χ2v) is 4.18. The minimum atomic E-state index is -0.336. The Labute approximate surface area is 116 Å². The van der Waals surface area contributed by atoms with Crippen LogP contribution in [-0.4, -0.2) is 12.2 Å². The molecule has 0 heterocycles. The summed E-state index contributed by atoms with van der Waals surface area (Å²) in [4.78, 5) is 28.6. The van der Waals surface area contributed by atoms with Crippen molar-refractivity contribution in [1.29, 1.82) is 0 Å². The summed E-state index contributed by atoms with van der Waals surface area (Å²) in [7, 11) is 0. The highest BCUT2D eigenvalue weighted by atomic mass is 16.1. The van der Waals surface area contributed by atoms with Crippen molar-refractivity contribution in [3.8, 4) is 0 Å². The van der Waals surface area contributed by atoms with E-state index in [4.69, 9.17) is 0 Å². The van der Waals surface area contributed by atoms with Gasteiger partial charge in [-0.25, -0.2) is 9.59 Å². The molecule has 4 nitrogen and oxygen atoms in total. The number of aliphatic imine (C=N–C) groups is 2. The van der Waals surface area contributed by atoms with E-state index in [9.17, 15) is 9.59 Å². The summed E-state index contributed by atoms with van der Waals surface area (Å²) in [6.45, 7) is 0. The van der Waals surface area contributed by atoms with Crippen molar-refractivity contribution in [1.82, 2.24) is 0 Å². The van der Waals surface area contributed by atoms with Gasteiger partial charge in [0.05, 0.1) is 11.7 Å². The van der Waals surface area contributed by atoms with Crippen molar-refractivity contribution in [2.45, 2.75) is 12.5 Å². The van der Waals surface area contributed by atoms with Crippen LogP contribution in [0.3, 0.4) is 0 Å². The molecule has 0 saturated carbocycles. The normalized spacial score (nSPS) is 11.0. The molecule has 0 spiro atoms. The Bertz CT molecular complexity index is 670. The summed E-state index contributed by atoms with van der Waals surface area (Å²) in [5, 5.41) is 0. The van der Waals surface area contributed by atoms with Crippen LogP contribution in [0.4, 0.5) is 5.69 Å². The van der Waals surface area contributed by atoms with Crippen LogP contribution < -0.4 is 0 Å². The largest absolute Gasteiger partial charge is 0.240 e. The highest BCUT2D eigenvalue weighted by Gasteiger charge is 2.13. The van der Waals surface area contributed by atoms with Gasteiger partial charge < -0.3 is 0 Å². The zero-order valence-electron chi connectivity index (χ0n) is 10.7. The number of carbonyl (C=O) groups excluding carboxylic acids is 2. The molecule has 0 aromatic heterocycles. The van der Waals surface area contributed by atoms with E-state index in [0.717, 1.165) is 11.1 Å². The van der Waals surface area contributed by atoms with E-state index in [1.807, 2.05) is 42.5 Å². The molecule has 98 valence electrons. The smallest absolute Gasteiger partial charge is 0.211 e. The lowest BCUT2D eigenvalue weighted by atomic mass is 9.98. The molecular formula is C16H12N2O2. The van der Waals surface area contributed by atoms with Gasteiger partial charge in [-0.15, -0.1) is 0 Å². The zero-order chi connectivity index (χ0) is 14.2. The molecule has 1 unspecified atom stereocenters. The van der Waals surface area contributed by atoms with Gasteiger partial charge in [0.15, 0.2) is 0 Å². The van der Waals surface area contributed by atoms with Crippen molar-refractivity contribution in [3.63, 3.8) is 0 Å². The lowest BCUT2D eigenvalue weighted by Gasteiger charge is -2.12. The Morgan fingerprint density at radius 3 is 2.30 bits per heavy atom. The van der Waals surface area contributed by atoms with Crippen molar-refractivity contribution >= 4 is 17.8 Å². The average Bonchev–Trinajstić information content (AvgIpc) is 2.50. The van der Waals surface area contributed by atoms with Crippen LogP contribution in [0.25, 0.3) is 0 Å². The van der Waals surface area contributed by atoms with Crippen molar-refractivity contribution in [2.24, 2.45) is 9.98 Å². The van der Waals surface area contributed by atoms with Crippen LogP contribution >= 0.6 is 0 Å². The van der Waals surface area contributed by atoms with Crippen LogP contribution in [0.5, 0.6) is 0 Å². The fourth-order valence-electron chi connectivity index (χ4n) is 2.03. The Kier molecular flexibility index (Phi) is 4.74. The first-order valence-electron chi connectivity index (χ1n) is 6.13. The van der Waals surface area contributed by atoms with Gasteiger partial charge in [0, 0.05) is 6.42 Å². The zero-order valence-corrected chi connectivity index (χ0v) is 10.7. The van der Waals surface area contributed by atoms with Gasteiger partial charge in [0.25, 0.3) is 0 Å². The quantitative estimate of drug-likeness (QED) is 0.614. The summed E-state index contributed by atoms with van der Waals surface area (Å²) >= 11 is 0. The Morgan fingerprint density at radius 2 is 1.60 bits per heavy atom. The SMILES string of the molecule is O=C=Nc1ccccc1CC(N=C=O)c1ccccc1. The maximum absolute atomic E-state index is 10.6. The molecule has 0 amide bonds. The van der Waals surface area contributed by atoms with Crippen LogP contribution in [-0.2, 0) is 16.0 Å². The first kappa shape index (κ1) is 13.6. The third kappa shape index (κ3) is 3.36. The highest BCUT2D eigenvalue weighted by Crippen LogP contribution is 2.27. The average molecular weight is 264 g/mol. The number of isocyanates is 2. The summed E-state index contributed by atoms with van der Waals surface area (Å²) in [5.74, 6) is 0. The highest BCUT2D eigenvalue weighted by molar-refractivity contribution is 5.54. The van der Waals surface area contributed by atoms with Crippen molar-refractivity contribution < 1.29 is 9.59 Å². The van der Waals surface area contributed by atoms with E-state index in [1.165, 1.54) is 6.08 Å². The Balaban J connectivity index is 2.34. The van der Waals surface area contributed by atoms with Gasteiger partial charge >= 0.3 is 0 Å². The fourth-order valence-corrected chi connectivity index (χ4v) is 2.03. The van der Waals surface area contributed by atoms with E-state index < -0.39 is 0 Å². The third-order valence-electron chi connectivity index (χ3n) is 2.96. The molecule has 0 aliphatic carbocycles. The van der Waals surface area contributed by atoms with Crippen LogP contribution in [0.15, 0.2) is 64.6 Å². The second kappa shape index (κ2) is 6.95. The maximum Gasteiger partial charge on any atom is 0.240 e. The molecule has 2 rings (SSSR count). The van der Waals surface area contributed by atoms with Gasteiger partial charge in [0.2, 0.25) is 12.2 Å². The van der Waals surface area contributed by atoms with Gasteiger partial charge in [-0.05, 0) is 17.2 Å². The second-order valence-electron chi connectivity index (χ2n) is 4.18. The molecule has 2 aromatic rings. The number of para-hydroxylation sites is 1. The van der Waals surface area contributed by atoms with E-state index in [-0.39, 0.29) is 6.04 Å². The van der Waals surface area contributed by atoms with E-state index >= 15 is 0 Å². The molecule has 0 aliphatic rings. The molecule has 0 fully saturated rings. The first-order valence-corrected chi connectivity index (χ1v) is 6.13. The fraction of sp³-hybridized carbons (Fsp3) is 0.125. The predicted molar refractivity (Wildman–Crippen MR) is 75.2 cm³/mol. The molecule has 0 aliphatic heterocycles. The van der Waals surface area contributed by atoms with Crippen LogP contribution in [0.1, 0.15) is 17.2 Å². The molecule has 20 heavy (non-hydrogen) atoms. The summed E-state index contributed by atoms with van der Waals surface area (Å²) in [6.07, 6.45) is 3.61. The monoisotopic (exact) mass is 264 g/mol. The van der Waals surface area contributed by atoms with E-state index in [1.54, 1.807) is 18.2 Å². The minimum absolute atomic E-state index is 0.336. The number of nitrogens with zero attached hydrogens (tertiary/aromatic N) is 2. The molecular weight excluding hydrogens is 252 g/mol. The van der Waals surface area contributed by atoms with Crippen molar-refractivity contribution in [2.75, 3.05) is 0 Å².